The first kappa shape index (κ1) is 13.4. The highest BCUT2D eigenvalue weighted by Crippen LogP contribution is 2.27. The molecule has 0 spiro atoms. The third-order valence-electron chi connectivity index (χ3n) is 4.35. The van der Waals surface area contributed by atoms with Gasteiger partial charge in [0.2, 0.25) is 0 Å². The van der Waals surface area contributed by atoms with Crippen molar-refractivity contribution >= 4 is 11.5 Å². The van der Waals surface area contributed by atoms with Gasteiger partial charge in [0.1, 0.15) is 5.82 Å². The summed E-state index contributed by atoms with van der Waals surface area (Å²) in [6.45, 7) is 3.72. The number of nitrogens with zero attached hydrogens (tertiary/aromatic N) is 3. The molecule has 20 heavy (non-hydrogen) atoms. The third-order valence-corrected chi connectivity index (χ3v) is 4.35. The van der Waals surface area contributed by atoms with Crippen molar-refractivity contribution in [3.63, 3.8) is 0 Å². The molecule has 5 nitrogen and oxygen atoms in total. The predicted octanol–water partition coefficient (Wildman–Crippen LogP) is 1.56. The van der Waals surface area contributed by atoms with Crippen LogP contribution in [0.4, 0.5) is 5.82 Å². The van der Waals surface area contributed by atoms with Gasteiger partial charge in [0.05, 0.1) is 0 Å². The summed E-state index contributed by atoms with van der Waals surface area (Å²) in [5.74, 6) is 1.02. The maximum absolute atomic E-state index is 11.8. The van der Waals surface area contributed by atoms with Gasteiger partial charge < -0.3 is 10.6 Å². The second-order valence-corrected chi connectivity index (χ2v) is 5.85. The molecule has 0 amide bonds. The van der Waals surface area contributed by atoms with Gasteiger partial charge in [0, 0.05) is 18.4 Å². The van der Waals surface area contributed by atoms with Crippen LogP contribution in [0.15, 0.2) is 23.1 Å². The van der Waals surface area contributed by atoms with Crippen LogP contribution in [0.1, 0.15) is 32.1 Å². The van der Waals surface area contributed by atoms with Gasteiger partial charge in [-0.05, 0) is 57.2 Å². The van der Waals surface area contributed by atoms with Crippen LogP contribution in [0.5, 0.6) is 0 Å². The number of aromatic nitrogens is 2. The van der Waals surface area contributed by atoms with Gasteiger partial charge in [0.25, 0.3) is 0 Å². The van der Waals surface area contributed by atoms with Crippen LogP contribution in [0.2, 0.25) is 0 Å². The van der Waals surface area contributed by atoms with Crippen molar-refractivity contribution < 1.29 is 0 Å². The topological polar surface area (TPSA) is 64.2 Å². The van der Waals surface area contributed by atoms with Gasteiger partial charge in [-0.25, -0.2) is 4.79 Å². The summed E-state index contributed by atoms with van der Waals surface area (Å²) < 4.78 is 1.63. The molecular formula is C15H22N4O. The van der Waals surface area contributed by atoms with Crippen LogP contribution in [-0.2, 0) is 0 Å². The number of likely N-dealkylation sites (tertiary alicyclic amines) is 1. The fourth-order valence-corrected chi connectivity index (χ4v) is 3.22. The van der Waals surface area contributed by atoms with E-state index in [0.29, 0.717) is 0 Å². The Bertz CT molecular complexity index is 557. The quantitative estimate of drug-likeness (QED) is 0.908. The molecular weight excluding hydrogens is 252 g/mol. The van der Waals surface area contributed by atoms with Crippen molar-refractivity contribution in [2.75, 3.05) is 25.4 Å². The van der Waals surface area contributed by atoms with E-state index in [0.717, 1.165) is 30.9 Å². The van der Waals surface area contributed by atoms with E-state index in [1.165, 1.54) is 32.5 Å². The third kappa shape index (κ3) is 2.93. The Balaban J connectivity index is 1.65. The summed E-state index contributed by atoms with van der Waals surface area (Å²) in [5.41, 5.74) is 6.32. The van der Waals surface area contributed by atoms with Crippen molar-refractivity contribution in [1.29, 1.82) is 0 Å². The van der Waals surface area contributed by atoms with Crippen molar-refractivity contribution in [2.24, 2.45) is 5.92 Å². The van der Waals surface area contributed by atoms with E-state index < -0.39 is 0 Å². The molecule has 0 radical (unpaired) electrons. The van der Waals surface area contributed by atoms with Crippen molar-refractivity contribution in [1.82, 2.24) is 14.5 Å². The number of allylic oxidation sites excluding steroid dienone is 2. The highest BCUT2D eigenvalue weighted by molar-refractivity contribution is 5.46. The van der Waals surface area contributed by atoms with Crippen LogP contribution in [0.3, 0.4) is 0 Å². The number of nitrogen functional groups attached to an aromatic ring is 1. The van der Waals surface area contributed by atoms with E-state index in [9.17, 15) is 4.79 Å². The molecule has 2 heterocycles. The summed E-state index contributed by atoms with van der Waals surface area (Å²) in [5, 5.41) is 0. The molecule has 0 bridgehead atoms. The minimum atomic E-state index is -0.269. The standard InChI is InChI=1S/C15H22N4O/c16-14-7-10-19(15(20)17-14)13-5-3-12(4-6-13)11-18-8-1-2-9-18/h5,7,10,12H,1-4,6,8-9,11H2,(H2,16,17,20). The molecule has 1 saturated heterocycles. The molecule has 1 aliphatic carbocycles. The summed E-state index contributed by atoms with van der Waals surface area (Å²) >= 11 is 0. The van der Waals surface area contributed by atoms with E-state index in [4.69, 9.17) is 5.73 Å². The second kappa shape index (κ2) is 5.79. The van der Waals surface area contributed by atoms with Crippen molar-refractivity contribution in [3.8, 4) is 0 Å². The Morgan fingerprint density at radius 3 is 2.80 bits per heavy atom. The normalized spacial score (nSPS) is 23.8. The summed E-state index contributed by atoms with van der Waals surface area (Å²) in [7, 11) is 0. The number of hydrogen-bond acceptors (Lipinski definition) is 4. The fraction of sp³-hybridized carbons (Fsp3) is 0.600. The lowest BCUT2D eigenvalue weighted by molar-refractivity contribution is 0.267. The highest BCUT2D eigenvalue weighted by Gasteiger charge is 2.20. The minimum Gasteiger partial charge on any atom is -0.383 e. The monoisotopic (exact) mass is 274 g/mol. The number of rotatable bonds is 3. The maximum atomic E-state index is 11.8. The van der Waals surface area contributed by atoms with Gasteiger partial charge in [-0.3, -0.25) is 4.57 Å². The molecule has 2 aliphatic rings. The largest absolute Gasteiger partial charge is 0.383 e. The zero-order chi connectivity index (χ0) is 13.9. The van der Waals surface area contributed by atoms with Gasteiger partial charge >= 0.3 is 5.69 Å². The minimum absolute atomic E-state index is 0.269. The molecule has 1 atom stereocenters. The lowest BCUT2D eigenvalue weighted by Crippen LogP contribution is -2.29. The van der Waals surface area contributed by atoms with Crippen LogP contribution >= 0.6 is 0 Å². The zero-order valence-electron chi connectivity index (χ0n) is 11.8. The molecule has 1 aromatic rings. The van der Waals surface area contributed by atoms with E-state index >= 15 is 0 Å². The molecule has 1 aliphatic heterocycles. The van der Waals surface area contributed by atoms with Gasteiger partial charge in [-0.2, -0.15) is 4.98 Å². The Morgan fingerprint density at radius 2 is 2.15 bits per heavy atom. The van der Waals surface area contributed by atoms with E-state index in [1.807, 2.05) is 0 Å². The van der Waals surface area contributed by atoms with E-state index in [2.05, 4.69) is 16.0 Å². The summed E-state index contributed by atoms with van der Waals surface area (Å²) in [4.78, 5) is 18.2. The molecule has 0 aromatic carbocycles. The molecule has 0 saturated carbocycles. The average molecular weight is 274 g/mol. The van der Waals surface area contributed by atoms with Crippen LogP contribution in [0, 0.1) is 5.92 Å². The van der Waals surface area contributed by atoms with E-state index in [1.54, 1.807) is 16.8 Å². The number of anilines is 1. The Hall–Kier alpha value is -1.62. The number of hydrogen-bond donors (Lipinski definition) is 1. The fourth-order valence-electron chi connectivity index (χ4n) is 3.22. The first-order valence-corrected chi connectivity index (χ1v) is 7.49. The van der Waals surface area contributed by atoms with Crippen LogP contribution in [-0.4, -0.2) is 34.1 Å². The molecule has 1 aromatic heterocycles. The van der Waals surface area contributed by atoms with Crippen LogP contribution < -0.4 is 11.4 Å². The summed E-state index contributed by atoms with van der Waals surface area (Å²) in [6, 6.07) is 1.68. The van der Waals surface area contributed by atoms with Gasteiger partial charge in [-0.1, -0.05) is 6.08 Å². The molecule has 1 fully saturated rings. The first-order valence-electron chi connectivity index (χ1n) is 7.49. The lowest BCUT2D eigenvalue weighted by atomic mass is 9.92. The molecule has 3 rings (SSSR count). The predicted molar refractivity (Wildman–Crippen MR) is 80.2 cm³/mol. The maximum Gasteiger partial charge on any atom is 0.353 e. The first-order chi connectivity index (χ1) is 9.72. The zero-order valence-corrected chi connectivity index (χ0v) is 11.8. The SMILES string of the molecule is Nc1ccn(C2=CCC(CN3CCCC3)CC2)c(=O)n1. The molecule has 108 valence electrons. The van der Waals surface area contributed by atoms with Gasteiger partial charge in [0.15, 0.2) is 0 Å². The smallest absolute Gasteiger partial charge is 0.353 e. The number of nitrogens with two attached hydrogens (primary N) is 1. The Morgan fingerprint density at radius 1 is 1.35 bits per heavy atom. The van der Waals surface area contributed by atoms with Crippen LogP contribution in [0.25, 0.3) is 5.70 Å². The average Bonchev–Trinajstić information content (AvgIpc) is 2.93. The molecule has 1 unspecified atom stereocenters. The summed E-state index contributed by atoms with van der Waals surface area (Å²) in [6.07, 6.45) is 9.78. The van der Waals surface area contributed by atoms with E-state index in [-0.39, 0.29) is 11.5 Å². The molecule has 2 N–H and O–H groups in total. The highest BCUT2D eigenvalue weighted by atomic mass is 16.1. The Kier molecular flexibility index (Phi) is 3.87. The lowest BCUT2D eigenvalue weighted by Gasteiger charge is -2.26. The van der Waals surface area contributed by atoms with Crippen molar-refractivity contribution in [3.05, 3.63) is 28.8 Å². The second-order valence-electron chi connectivity index (χ2n) is 5.85. The Labute approximate surface area is 119 Å². The molecule has 5 heteroatoms. The van der Waals surface area contributed by atoms with Gasteiger partial charge in [-0.15, -0.1) is 0 Å². The van der Waals surface area contributed by atoms with Crippen molar-refractivity contribution in [2.45, 2.75) is 32.1 Å².